The zero-order valence-electron chi connectivity index (χ0n) is 7.76. The van der Waals surface area contributed by atoms with E-state index in [0.717, 1.165) is 23.4 Å². The molecule has 2 heteroatoms. The van der Waals surface area contributed by atoms with Crippen molar-refractivity contribution in [3.63, 3.8) is 0 Å². The van der Waals surface area contributed by atoms with Crippen molar-refractivity contribution in [3.8, 4) is 0 Å². The van der Waals surface area contributed by atoms with E-state index >= 15 is 0 Å². The van der Waals surface area contributed by atoms with Crippen molar-refractivity contribution in [1.82, 2.24) is 5.32 Å². The molecule has 0 radical (unpaired) electrons. The van der Waals surface area contributed by atoms with Gasteiger partial charge < -0.3 is 5.32 Å². The van der Waals surface area contributed by atoms with Crippen molar-refractivity contribution in [2.75, 3.05) is 7.05 Å². The molecule has 0 saturated heterocycles. The molecule has 0 aromatic heterocycles. The van der Waals surface area contributed by atoms with E-state index in [2.05, 4.69) is 17.4 Å². The van der Waals surface area contributed by atoms with Crippen molar-refractivity contribution in [2.24, 2.45) is 5.92 Å². The molecule has 0 aliphatic heterocycles. The monoisotopic (exact) mass is 195 g/mol. The highest BCUT2D eigenvalue weighted by Gasteiger charge is 2.35. The van der Waals surface area contributed by atoms with Crippen LogP contribution in [-0.2, 0) is 6.42 Å². The van der Waals surface area contributed by atoms with Gasteiger partial charge in [-0.05, 0) is 43.5 Å². The highest BCUT2D eigenvalue weighted by Crippen LogP contribution is 2.33. The van der Waals surface area contributed by atoms with Crippen LogP contribution >= 0.6 is 11.6 Å². The van der Waals surface area contributed by atoms with Crippen LogP contribution in [-0.4, -0.2) is 13.1 Å². The fourth-order valence-corrected chi connectivity index (χ4v) is 2.01. The molecule has 0 heterocycles. The third kappa shape index (κ3) is 2.23. The fraction of sp³-hybridized carbons (Fsp3) is 0.455. The van der Waals surface area contributed by atoms with Crippen molar-refractivity contribution in [1.29, 1.82) is 0 Å². The first-order valence-electron chi connectivity index (χ1n) is 4.71. The molecule has 1 saturated carbocycles. The largest absolute Gasteiger partial charge is 0.317 e. The third-order valence-electron chi connectivity index (χ3n) is 2.68. The zero-order chi connectivity index (χ0) is 9.26. The Hall–Kier alpha value is -0.530. The van der Waals surface area contributed by atoms with E-state index in [9.17, 15) is 0 Å². The molecule has 2 atom stereocenters. The highest BCUT2D eigenvalue weighted by molar-refractivity contribution is 6.30. The van der Waals surface area contributed by atoms with Gasteiger partial charge in [-0.2, -0.15) is 0 Å². The molecule has 1 fully saturated rings. The smallest absolute Gasteiger partial charge is 0.0408 e. The van der Waals surface area contributed by atoms with Crippen LogP contribution in [0.15, 0.2) is 24.3 Å². The summed E-state index contributed by atoms with van der Waals surface area (Å²) in [5, 5.41) is 4.14. The molecule has 0 bridgehead atoms. The minimum atomic E-state index is 0.735. The number of hydrogen-bond donors (Lipinski definition) is 1. The molecule has 1 aromatic rings. The molecule has 1 aromatic carbocycles. The molecule has 13 heavy (non-hydrogen) atoms. The van der Waals surface area contributed by atoms with Gasteiger partial charge in [0.1, 0.15) is 0 Å². The van der Waals surface area contributed by atoms with E-state index in [-0.39, 0.29) is 0 Å². The lowest BCUT2D eigenvalue weighted by atomic mass is 10.1. The number of rotatable bonds is 3. The van der Waals surface area contributed by atoms with E-state index in [1.807, 2.05) is 19.2 Å². The minimum absolute atomic E-state index is 0.735. The third-order valence-corrected chi connectivity index (χ3v) is 2.92. The van der Waals surface area contributed by atoms with Crippen LogP contribution < -0.4 is 5.32 Å². The number of hydrogen-bond acceptors (Lipinski definition) is 1. The maximum absolute atomic E-state index is 5.90. The highest BCUT2D eigenvalue weighted by atomic mass is 35.5. The van der Waals surface area contributed by atoms with Crippen LogP contribution in [0.3, 0.4) is 0 Å². The Balaban J connectivity index is 1.95. The van der Waals surface area contributed by atoms with Gasteiger partial charge in [-0.25, -0.2) is 0 Å². The molecule has 2 unspecified atom stereocenters. The maximum atomic E-state index is 5.90. The summed E-state index contributed by atoms with van der Waals surface area (Å²) in [5.41, 5.74) is 1.36. The average Bonchev–Trinajstić information content (AvgIpc) is 2.83. The van der Waals surface area contributed by atoms with Gasteiger partial charge in [0.05, 0.1) is 0 Å². The van der Waals surface area contributed by atoms with E-state index in [1.165, 1.54) is 12.0 Å². The molecule has 0 amide bonds. The first-order valence-corrected chi connectivity index (χ1v) is 5.09. The van der Waals surface area contributed by atoms with Gasteiger partial charge in [0.25, 0.3) is 0 Å². The standard InChI is InChI=1S/C11H14ClN/c1-13-11-7-9(11)5-8-3-2-4-10(12)6-8/h2-4,6,9,11,13H,5,7H2,1H3. The summed E-state index contributed by atoms with van der Waals surface area (Å²) >= 11 is 5.90. The second-order valence-electron chi connectivity index (χ2n) is 3.72. The SMILES string of the molecule is CNC1CC1Cc1cccc(Cl)c1. The summed E-state index contributed by atoms with van der Waals surface area (Å²) in [6, 6.07) is 8.89. The van der Waals surface area contributed by atoms with E-state index < -0.39 is 0 Å². The Kier molecular flexibility index (Phi) is 2.56. The van der Waals surface area contributed by atoms with Gasteiger partial charge in [0.15, 0.2) is 0 Å². The second kappa shape index (κ2) is 3.69. The normalized spacial score (nSPS) is 26.0. The summed E-state index contributed by atoms with van der Waals surface area (Å²) in [6.07, 6.45) is 2.47. The fourth-order valence-electron chi connectivity index (χ4n) is 1.79. The van der Waals surface area contributed by atoms with Crippen LogP contribution in [0.4, 0.5) is 0 Å². The predicted octanol–water partition coefficient (Wildman–Crippen LogP) is 2.49. The summed E-state index contributed by atoms with van der Waals surface area (Å²) in [5.74, 6) is 0.823. The Morgan fingerprint density at radius 1 is 1.54 bits per heavy atom. The Bertz CT molecular complexity index is 298. The molecule has 0 spiro atoms. The van der Waals surface area contributed by atoms with Crippen molar-refractivity contribution in [2.45, 2.75) is 18.9 Å². The molecule has 1 aliphatic rings. The van der Waals surface area contributed by atoms with Crippen LogP contribution in [0, 0.1) is 5.92 Å². The quantitative estimate of drug-likeness (QED) is 0.782. The van der Waals surface area contributed by atoms with E-state index in [0.29, 0.717) is 0 Å². The summed E-state index contributed by atoms with van der Waals surface area (Å²) in [6.45, 7) is 0. The van der Waals surface area contributed by atoms with Crippen molar-refractivity contribution in [3.05, 3.63) is 34.9 Å². The van der Waals surface area contributed by atoms with Crippen LogP contribution in [0.25, 0.3) is 0 Å². The summed E-state index contributed by atoms with van der Waals surface area (Å²) in [7, 11) is 2.03. The lowest BCUT2D eigenvalue weighted by Gasteiger charge is -2.00. The lowest BCUT2D eigenvalue weighted by molar-refractivity contribution is 0.702. The second-order valence-corrected chi connectivity index (χ2v) is 4.16. The van der Waals surface area contributed by atoms with E-state index in [4.69, 9.17) is 11.6 Å². The topological polar surface area (TPSA) is 12.0 Å². The Labute approximate surface area is 84.1 Å². The van der Waals surface area contributed by atoms with Crippen LogP contribution in [0.2, 0.25) is 5.02 Å². The Morgan fingerprint density at radius 2 is 2.38 bits per heavy atom. The van der Waals surface area contributed by atoms with Gasteiger partial charge in [-0.15, -0.1) is 0 Å². The number of benzene rings is 1. The lowest BCUT2D eigenvalue weighted by Crippen LogP contribution is -2.11. The van der Waals surface area contributed by atoms with Crippen LogP contribution in [0.1, 0.15) is 12.0 Å². The molecule has 1 aliphatic carbocycles. The summed E-state index contributed by atoms with van der Waals surface area (Å²) in [4.78, 5) is 0. The molecular weight excluding hydrogens is 182 g/mol. The molecule has 1 N–H and O–H groups in total. The van der Waals surface area contributed by atoms with Crippen LogP contribution in [0.5, 0.6) is 0 Å². The zero-order valence-corrected chi connectivity index (χ0v) is 8.51. The molecule has 2 rings (SSSR count). The first-order chi connectivity index (χ1) is 6.29. The molecule has 1 nitrogen and oxygen atoms in total. The molecular formula is C11H14ClN. The van der Waals surface area contributed by atoms with Crippen molar-refractivity contribution >= 4 is 11.6 Å². The van der Waals surface area contributed by atoms with Gasteiger partial charge in [0.2, 0.25) is 0 Å². The maximum Gasteiger partial charge on any atom is 0.0408 e. The van der Waals surface area contributed by atoms with Gasteiger partial charge in [-0.1, -0.05) is 23.7 Å². The van der Waals surface area contributed by atoms with Gasteiger partial charge >= 0.3 is 0 Å². The van der Waals surface area contributed by atoms with Gasteiger partial charge in [0, 0.05) is 11.1 Å². The first kappa shape index (κ1) is 9.04. The van der Waals surface area contributed by atoms with E-state index in [1.54, 1.807) is 0 Å². The predicted molar refractivity (Wildman–Crippen MR) is 56.1 cm³/mol. The van der Waals surface area contributed by atoms with Crippen molar-refractivity contribution < 1.29 is 0 Å². The Morgan fingerprint density at radius 3 is 3.00 bits per heavy atom. The number of nitrogens with one attached hydrogen (secondary N) is 1. The average molecular weight is 196 g/mol. The summed E-state index contributed by atoms with van der Waals surface area (Å²) < 4.78 is 0. The minimum Gasteiger partial charge on any atom is -0.317 e. The molecule has 70 valence electrons. The van der Waals surface area contributed by atoms with Gasteiger partial charge in [-0.3, -0.25) is 0 Å². The number of halogens is 1.